The third kappa shape index (κ3) is 4.81. The number of aromatic nitrogens is 1. The number of hydrogen-bond donors (Lipinski definition) is 1. The van der Waals surface area contributed by atoms with Crippen LogP contribution in [0.2, 0.25) is 0 Å². The van der Waals surface area contributed by atoms with Crippen LogP contribution >= 0.6 is 0 Å². The molecule has 166 valence electrons. The number of hydrogen-bond acceptors (Lipinski definition) is 4. The molecule has 0 radical (unpaired) electrons. The largest absolute Gasteiger partial charge is 0.418 e. The zero-order chi connectivity index (χ0) is 23.6. The standard InChI is InChI=1S/C24H16F3N3O2S/c25-24(26,27)21-8-4-7-20-22(19(13-28)14-29-23(20)21)30-33(31,32)15-16-9-11-18(12-10-16)17-5-2-1-3-6-17/h1-12,14H,15H2,(H,29,30). The lowest BCUT2D eigenvalue weighted by molar-refractivity contribution is -0.136. The molecule has 0 aliphatic heterocycles. The summed E-state index contributed by atoms with van der Waals surface area (Å²) in [4.78, 5) is 3.75. The second-order valence-electron chi connectivity index (χ2n) is 7.28. The second-order valence-corrected chi connectivity index (χ2v) is 9.00. The van der Waals surface area contributed by atoms with Crippen LogP contribution in [0.15, 0.2) is 79.0 Å². The van der Waals surface area contributed by atoms with Crippen molar-refractivity contribution in [2.75, 3.05) is 4.72 Å². The Kier molecular flexibility index (Phi) is 5.78. The Morgan fingerprint density at radius 3 is 2.21 bits per heavy atom. The minimum Gasteiger partial charge on any atom is -0.281 e. The summed E-state index contributed by atoms with van der Waals surface area (Å²) in [6, 6.07) is 21.5. The van der Waals surface area contributed by atoms with Gasteiger partial charge in [-0.05, 0) is 22.8 Å². The summed E-state index contributed by atoms with van der Waals surface area (Å²) in [6.45, 7) is 0. The monoisotopic (exact) mass is 467 g/mol. The topological polar surface area (TPSA) is 82.8 Å². The normalized spacial score (nSPS) is 11.8. The molecule has 1 N–H and O–H groups in total. The van der Waals surface area contributed by atoms with Crippen molar-refractivity contribution in [3.05, 3.63) is 95.7 Å². The first-order chi connectivity index (χ1) is 15.7. The first-order valence-electron chi connectivity index (χ1n) is 9.72. The molecule has 1 heterocycles. The smallest absolute Gasteiger partial charge is 0.281 e. The first kappa shape index (κ1) is 22.3. The third-order valence-electron chi connectivity index (χ3n) is 5.00. The van der Waals surface area contributed by atoms with E-state index in [0.29, 0.717) is 5.56 Å². The molecular formula is C24H16F3N3O2S. The quantitative estimate of drug-likeness (QED) is 0.406. The van der Waals surface area contributed by atoms with Gasteiger partial charge in [0.15, 0.2) is 0 Å². The Hall–Kier alpha value is -3.90. The molecule has 4 rings (SSSR count). The molecule has 1 aromatic heterocycles. The minimum absolute atomic E-state index is 0.105. The van der Waals surface area contributed by atoms with E-state index in [4.69, 9.17) is 0 Å². The lowest BCUT2D eigenvalue weighted by Gasteiger charge is -2.15. The molecule has 0 aliphatic rings. The van der Waals surface area contributed by atoms with E-state index in [0.717, 1.165) is 29.5 Å². The second kappa shape index (κ2) is 8.56. The average molecular weight is 467 g/mol. The summed E-state index contributed by atoms with van der Waals surface area (Å²) < 4.78 is 68.1. The molecule has 0 saturated heterocycles. The Labute approximate surface area is 188 Å². The van der Waals surface area contributed by atoms with Crippen LogP contribution < -0.4 is 4.72 Å². The Morgan fingerprint density at radius 2 is 1.58 bits per heavy atom. The van der Waals surface area contributed by atoms with Crippen molar-refractivity contribution >= 4 is 26.6 Å². The predicted octanol–water partition coefficient (Wildman–Crippen LogP) is 5.73. The number of nitriles is 1. The van der Waals surface area contributed by atoms with Crippen molar-refractivity contribution in [2.24, 2.45) is 0 Å². The highest BCUT2D eigenvalue weighted by atomic mass is 32.2. The van der Waals surface area contributed by atoms with Gasteiger partial charge in [-0.1, -0.05) is 66.7 Å². The van der Waals surface area contributed by atoms with E-state index in [1.54, 1.807) is 30.3 Å². The molecule has 0 unspecified atom stereocenters. The molecule has 0 atom stereocenters. The number of fused-ring (bicyclic) bond motifs is 1. The number of rotatable bonds is 5. The molecule has 4 aromatic rings. The number of nitrogens with zero attached hydrogens (tertiary/aromatic N) is 2. The molecule has 0 aliphatic carbocycles. The van der Waals surface area contributed by atoms with Gasteiger partial charge in [0.1, 0.15) is 6.07 Å². The summed E-state index contributed by atoms with van der Waals surface area (Å²) in [5, 5.41) is 9.28. The summed E-state index contributed by atoms with van der Waals surface area (Å²) in [7, 11) is -4.05. The van der Waals surface area contributed by atoms with E-state index >= 15 is 0 Å². The van der Waals surface area contributed by atoms with E-state index in [9.17, 15) is 26.9 Å². The number of alkyl halides is 3. The van der Waals surface area contributed by atoms with Crippen LogP contribution in [0.5, 0.6) is 0 Å². The van der Waals surface area contributed by atoms with Crippen LogP contribution in [0.4, 0.5) is 18.9 Å². The van der Waals surface area contributed by atoms with Gasteiger partial charge in [-0.2, -0.15) is 18.4 Å². The van der Waals surface area contributed by atoms with Gasteiger partial charge < -0.3 is 0 Å². The molecule has 0 spiro atoms. The number of benzene rings is 3. The Balaban J connectivity index is 1.67. The molecule has 3 aromatic carbocycles. The fourth-order valence-corrected chi connectivity index (χ4v) is 4.72. The molecule has 5 nitrogen and oxygen atoms in total. The third-order valence-corrected chi connectivity index (χ3v) is 6.23. The lowest BCUT2D eigenvalue weighted by atomic mass is 10.0. The van der Waals surface area contributed by atoms with Gasteiger partial charge in [0.2, 0.25) is 10.0 Å². The van der Waals surface area contributed by atoms with Crippen LogP contribution in [0.3, 0.4) is 0 Å². The van der Waals surface area contributed by atoms with Crippen LogP contribution in [0.25, 0.3) is 22.0 Å². The minimum atomic E-state index is -4.68. The van der Waals surface area contributed by atoms with E-state index in [1.165, 1.54) is 6.07 Å². The number of para-hydroxylation sites is 1. The van der Waals surface area contributed by atoms with E-state index in [2.05, 4.69) is 9.71 Å². The lowest BCUT2D eigenvalue weighted by Crippen LogP contribution is -2.17. The number of sulfonamides is 1. The van der Waals surface area contributed by atoms with Crippen LogP contribution in [-0.2, 0) is 22.0 Å². The zero-order valence-electron chi connectivity index (χ0n) is 17.0. The van der Waals surface area contributed by atoms with Crippen molar-refractivity contribution in [2.45, 2.75) is 11.9 Å². The molecule has 0 amide bonds. The summed E-state index contributed by atoms with van der Waals surface area (Å²) >= 11 is 0. The SMILES string of the molecule is N#Cc1cnc2c(C(F)(F)F)cccc2c1NS(=O)(=O)Cc1ccc(-c2ccccc2)cc1. The predicted molar refractivity (Wildman–Crippen MR) is 120 cm³/mol. The average Bonchev–Trinajstić information content (AvgIpc) is 2.79. The van der Waals surface area contributed by atoms with Crippen molar-refractivity contribution in [3.8, 4) is 17.2 Å². The van der Waals surface area contributed by atoms with Gasteiger partial charge in [0.25, 0.3) is 0 Å². The number of nitrogens with one attached hydrogen (secondary N) is 1. The van der Waals surface area contributed by atoms with Gasteiger partial charge >= 0.3 is 6.18 Å². The molecule has 0 saturated carbocycles. The molecular weight excluding hydrogens is 451 g/mol. The van der Waals surface area contributed by atoms with E-state index in [1.807, 2.05) is 30.3 Å². The first-order valence-corrected chi connectivity index (χ1v) is 11.4. The van der Waals surface area contributed by atoms with Crippen molar-refractivity contribution in [1.82, 2.24) is 4.98 Å². The van der Waals surface area contributed by atoms with Gasteiger partial charge in [0, 0.05) is 11.6 Å². The molecule has 0 bridgehead atoms. The van der Waals surface area contributed by atoms with Crippen LogP contribution in [-0.4, -0.2) is 13.4 Å². The highest BCUT2D eigenvalue weighted by Crippen LogP contribution is 2.37. The maximum atomic E-state index is 13.4. The van der Waals surface area contributed by atoms with Crippen molar-refractivity contribution in [3.63, 3.8) is 0 Å². The number of pyridine rings is 1. The van der Waals surface area contributed by atoms with Gasteiger partial charge in [-0.25, -0.2) is 8.42 Å². The maximum Gasteiger partial charge on any atom is 0.418 e. The summed E-state index contributed by atoms with van der Waals surface area (Å²) in [5.74, 6) is -0.421. The van der Waals surface area contributed by atoms with Crippen molar-refractivity contribution in [1.29, 1.82) is 5.26 Å². The highest BCUT2D eigenvalue weighted by Gasteiger charge is 2.34. The molecule has 9 heteroatoms. The number of anilines is 1. The fraction of sp³-hybridized carbons (Fsp3) is 0.0833. The fourth-order valence-electron chi connectivity index (χ4n) is 3.48. The van der Waals surface area contributed by atoms with Crippen LogP contribution in [0.1, 0.15) is 16.7 Å². The Bertz CT molecular complexity index is 1460. The van der Waals surface area contributed by atoms with E-state index < -0.39 is 33.0 Å². The maximum absolute atomic E-state index is 13.4. The Morgan fingerprint density at radius 1 is 0.909 bits per heavy atom. The zero-order valence-corrected chi connectivity index (χ0v) is 17.8. The van der Waals surface area contributed by atoms with E-state index in [-0.39, 0.29) is 16.6 Å². The highest BCUT2D eigenvalue weighted by molar-refractivity contribution is 7.91. The van der Waals surface area contributed by atoms with Crippen molar-refractivity contribution < 1.29 is 21.6 Å². The van der Waals surface area contributed by atoms with Gasteiger partial charge in [-0.3, -0.25) is 9.71 Å². The number of halogens is 3. The molecule has 33 heavy (non-hydrogen) atoms. The summed E-state index contributed by atoms with van der Waals surface area (Å²) in [6.07, 6.45) is -3.75. The van der Waals surface area contributed by atoms with Gasteiger partial charge in [0.05, 0.1) is 28.1 Å². The van der Waals surface area contributed by atoms with Crippen LogP contribution in [0, 0.1) is 11.3 Å². The molecule has 0 fully saturated rings. The van der Waals surface area contributed by atoms with Gasteiger partial charge in [-0.15, -0.1) is 0 Å². The summed E-state index contributed by atoms with van der Waals surface area (Å²) in [5.41, 5.74) is 0.522.